The van der Waals surface area contributed by atoms with Gasteiger partial charge in [0.05, 0.1) is 5.69 Å². The molecular formula is C13H11F2NS. The lowest BCUT2D eigenvalue weighted by molar-refractivity contribution is 0.626. The predicted octanol–water partition coefficient (Wildman–Crippen LogP) is 3.84. The zero-order chi connectivity index (χ0) is 12.3. The second-order valence-corrected chi connectivity index (χ2v) is 4.65. The van der Waals surface area contributed by atoms with Crippen LogP contribution in [0.25, 0.3) is 0 Å². The highest BCUT2D eigenvalue weighted by atomic mass is 32.2. The topological polar surface area (TPSA) is 26.0 Å². The summed E-state index contributed by atoms with van der Waals surface area (Å²) in [7, 11) is 0. The maximum atomic E-state index is 13.2. The summed E-state index contributed by atoms with van der Waals surface area (Å²) in [5.74, 6) is -0.0295. The lowest BCUT2D eigenvalue weighted by atomic mass is 10.2. The Hall–Kier alpha value is -1.55. The molecule has 2 aromatic carbocycles. The van der Waals surface area contributed by atoms with Crippen LogP contribution < -0.4 is 5.73 Å². The van der Waals surface area contributed by atoms with Crippen molar-refractivity contribution in [1.82, 2.24) is 0 Å². The van der Waals surface area contributed by atoms with Crippen molar-refractivity contribution < 1.29 is 8.78 Å². The lowest BCUT2D eigenvalue weighted by Crippen LogP contribution is -1.91. The molecule has 17 heavy (non-hydrogen) atoms. The summed E-state index contributed by atoms with van der Waals surface area (Å²) in [5, 5.41) is 0. The molecule has 1 nitrogen and oxygen atoms in total. The molecule has 2 N–H and O–H groups in total. The number of rotatable bonds is 3. The highest BCUT2D eigenvalue weighted by Crippen LogP contribution is 2.24. The molecule has 0 unspecified atom stereocenters. The maximum Gasteiger partial charge on any atom is 0.146 e. The normalized spacial score (nSPS) is 10.5. The zero-order valence-corrected chi connectivity index (χ0v) is 9.81. The van der Waals surface area contributed by atoms with Crippen molar-refractivity contribution in [3.63, 3.8) is 0 Å². The molecular weight excluding hydrogens is 240 g/mol. The minimum absolute atomic E-state index is 0.153. The van der Waals surface area contributed by atoms with E-state index in [1.807, 2.05) is 0 Å². The van der Waals surface area contributed by atoms with Crippen molar-refractivity contribution in [3.8, 4) is 0 Å². The van der Waals surface area contributed by atoms with E-state index in [-0.39, 0.29) is 11.5 Å². The summed E-state index contributed by atoms with van der Waals surface area (Å²) in [6.45, 7) is 0. The van der Waals surface area contributed by atoms with Gasteiger partial charge < -0.3 is 5.73 Å². The first-order chi connectivity index (χ1) is 8.15. The van der Waals surface area contributed by atoms with Gasteiger partial charge in [-0.3, -0.25) is 0 Å². The van der Waals surface area contributed by atoms with Crippen molar-refractivity contribution in [1.29, 1.82) is 0 Å². The summed E-state index contributed by atoms with van der Waals surface area (Å²) >= 11 is 1.52. The maximum absolute atomic E-state index is 13.2. The summed E-state index contributed by atoms with van der Waals surface area (Å²) in [5.41, 5.74) is 6.40. The van der Waals surface area contributed by atoms with Crippen molar-refractivity contribution in [2.24, 2.45) is 0 Å². The molecule has 4 heteroatoms. The molecule has 0 aliphatic rings. The second-order valence-electron chi connectivity index (χ2n) is 3.60. The zero-order valence-electron chi connectivity index (χ0n) is 8.99. The fourth-order valence-corrected chi connectivity index (χ4v) is 2.20. The third-order valence-electron chi connectivity index (χ3n) is 2.28. The third-order valence-corrected chi connectivity index (χ3v) is 3.37. The van der Waals surface area contributed by atoms with Gasteiger partial charge in [0, 0.05) is 10.6 Å². The van der Waals surface area contributed by atoms with E-state index in [4.69, 9.17) is 5.73 Å². The van der Waals surface area contributed by atoms with E-state index in [1.165, 1.54) is 30.0 Å². The first-order valence-electron chi connectivity index (χ1n) is 5.07. The van der Waals surface area contributed by atoms with E-state index in [0.29, 0.717) is 5.75 Å². The van der Waals surface area contributed by atoms with Crippen LogP contribution in [-0.4, -0.2) is 0 Å². The Kier molecular flexibility index (Phi) is 3.64. The average Bonchev–Trinajstić information content (AvgIpc) is 2.33. The average molecular weight is 251 g/mol. The van der Waals surface area contributed by atoms with E-state index >= 15 is 0 Å². The molecule has 0 bridgehead atoms. The van der Waals surface area contributed by atoms with Crippen molar-refractivity contribution in [2.45, 2.75) is 10.6 Å². The summed E-state index contributed by atoms with van der Waals surface area (Å²) in [6, 6.07) is 11.0. The van der Waals surface area contributed by atoms with E-state index in [2.05, 4.69) is 0 Å². The largest absolute Gasteiger partial charge is 0.396 e. The fourth-order valence-electron chi connectivity index (χ4n) is 1.36. The van der Waals surface area contributed by atoms with Gasteiger partial charge in [-0.1, -0.05) is 6.07 Å². The molecule has 0 fully saturated rings. The van der Waals surface area contributed by atoms with Gasteiger partial charge in [0.2, 0.25) is 0 Å². The first-order valence-corrected chi connectivity index (χ1v) is 6.06. The number of thioether (sulfide) groups is 1. The molecule has 0 spiro atoms. The number of benzene rings is 2. The van der Waals surface area contributed by atoms with Gasteiger partial charge in [0.15, 0.2) is 0 Å². The van der Waals surface area contributed by atoms with E-state index < -0.39 is 5.82 Å². The molecule has 0 heterocycles. The number of nitrogen functional groups attached to an aromatic ring is 1. The first kappa shape index (κ1) is 11.9. The fraction of sp³-hybridized carbons (Fsp3) is 0.0769. The number of hydrogen-bond acceptors (Lipinski definition) is 2. The van der Waals surface area contributed by atoms with Gasteiger partial charge >= 0.3 is 0 Å². The monoisotopic (exact) mass is 251 g/mol. The Morgan fingerprint density at radius 3 is 2.35 bits per heavy atom. The molecule has 0 saturated heterocycles. The summed E-state index contributed by atoms with van der Waals surface area (Å²) < 4.78 is 25.8. The van der Waals surface area contributed by atoms with Crippen LogP contribution in [0, 0.1) is 11.6 Å². The molecule has 88 valence electrons. The Labute approximate surface area is 103 Å². The van der Waals surface area contributed by atoms with Gasteiger partial charge in [-0.05, 0) is 42.0 Å². The highest BCUT2D eigenvalue weighted by Gasteiger charge is 2.01. The summed E-state index contributed by atoms with van der Waals surface area (Å²) in [6.07, 6.45) is 0. The summed E-state index contributed by atoms with van der Waals surface area (Å²) in [4.78, 5) is 0.948. The SMILES string of the molecule is Nc1ccc(CSc2ccc(F)cc2)cc1F. The number of nitrogens with two attached hydrogens (primary N) is 1. The van der Waals surface area contributed by atoms with Gasteiger partial charge in [-0.25, -0.2) is 8.78 Å². The van der Waals surface area contributed by atoms with Crippen LogP contribution in [0.4, 0.5) is 14.5 Å². The predicted molar refractivity (Wildman–Crippen MR) is 66.8 cm³/mol. The van der Waals surface area contributed by atoms with Crippen LogP contribution in [0.2, 0.25) is 0 Å². The number of hydrogen-bond donors (Lipinski definition) is 1. The second kappa shape index (κ2) is 5.19. The lowest BCUT2D eigenvalue weighted by Gasteiger charge is -2.03. The van der Waals surface area contributed by atoms with Crippen LogP contribution >= 0.6 is 11.8 Å². The minimum Gasteiger partial charge on any atom is -0.396 e. The smallest absolute Gasteiger partial charge is 0.146 e. The number of halogens is 2. The Balaban J connectivity index is 2.02. The Morgan fingerprint density at radius 2 is 1.71 bits per heavy atom. The molecule has 0 atom stereocenters. The van der Waals surface area contributed by atoms with E-state index in [9.17, 15) is 8.78 Å². The van der Waals surface area contributed by atoms with Gasteiger partial charge in [0.1, 0.15) is 11.6 Å². The highest BCUT2D eigenvalue weighted by molar-refractivity contribution is 7.98. The van der Waals surface area contributed by atoms with Crippen LogP contribution in [0.5, 0.6) is 0 Å². The molecule has 0 radical (unpaired) electrons. The number of anilines is 1. The molecule has 0 amide bonds. The molecule has 0 aliphatic carbocycles. The standard InChI is InChI=1S/C13H11F2NS/c14-10-2-4-11(5-3-10)17-8-9-1-6-13(16)12(15)7-9/h1-7H,8,16H2. The molecule has 2 aromatic rings. The van der Waals surface area contributed by atoms with Gasteiger partial charge in [-0.2, -0.15) is 0 Å². The van der Waals surface area contributed by atoms with Gasteiger partial charge in [-0.15, -0.1) is 11.8 Å². The Morgan fingerprint density at radius 1 is 1.00 bits per heavy atom. The van der Waals surface area contributed by atoms with Gasteiger partial charge in [0.25, 0.3) is 0 Å². The molecule has 0 aliphatic heterocycles. The molecule has 0 saturated carbocycles. The molecule has 2 rings (SSSR count). The molecule has 0 aromatic heterocycles. The van der Waals surface area contributed by atoms with Crippen molar-refractivity contribution in [2.75, 3.05) is 5.73 Å². The van der Waals surface area contributed by atoms with E-state index in [0.717, 1.165) is 10.5 Å². The van der Waals surface area contributed by atoms with Crippen LogP contribution in [-0.2, 0) is 5.75 Å². The van der Waals surface area contributed by atoms with Crippen molar-refractivity contribution >= 4 is 17.4 Å². The minimum atomic E-state index is -0.401. The van der Waals surface area contributed by atoms with E-state index in [1.54, 1.807) is 24.3 Å². The van der Waals surface area contributed by atoms with Crippen LogP contribution in [0.3, 0.4) is 0 Å². The Bertz CT molecular complexity index is 511. The van der Waals surface area contributed by atoms with Crippen LogP contribution in [0.1, 0.15) is 5.56 Å². The quantitative estimate of drug-likeness (QED) is 0.662. The third kappa shape index (κ3) is 3.20. The van der Waals surface area contributed by atoms with Crippen molar-refractivity contribution in [3.05, 3.63) is 59.7 Å². The van der Waals surface area contributed by atoms with Crippen LogP contribution in [0.15, 0.2) is 47.4 Å².